The topological polar surface area (TPSA) is 25.2 Å². The smallest absolute Gasteiger partial charge is 0.127 e. The summed E-state index contributed by atoms with van der Waals surface area (Å²) in [5.41, 5.74) is 0.684. The second-order valence-electron chi connectivity index (χ2n) is 4.54. The third-order valence-corrected chi connectivity index (χ3v) is 3.44. The number of aryl methyl sites for hydroxylation is 1. The van der Waals surface area contributed by atoms with Crippen LogP contribution in [0.5, 0.6) is 0 Å². The Bertz CT molecular complexity index is 513. The molecule has 2 rings (SSSR count). The molecule has 1 heterocycles. The molecule has 4 heteroatoms. The highest BCUT2D eigenvalue weighted by Gasteiger charge is 2.12. The van der Waals surface area contributed by atoms with Crippen molar-refractivity contribution in [2.45, 2.75) is 25.3 Å². The van der Waals surface area contributed by atoms with Gasteiger partial charge in [-0.25, -0.2) is 4.39 Å². The van der Waals surface area contributed by atoms with E-state index >= 15 is 0 Å². The molecule has 1 aromatic carbocycles. The van der Waals surface area contributed by atoms with Crippen LogP contribution in [0.2, 0.25) is 5.02 Å². The zero-order valence-corrected chi connectivity index (χ0v) is 11.6. The fourth-order valence-corrected chi connectivity index (χ4v) is 2.23. The molecule has 1 N–H and O–H groups in total. The van der Waals surface area contributed by atoms with E-state index in [4.69, 9.17) is 16.0 Å². The molecule has 1 atom stereocenters. The van der Waals surface area contributed by atoms with Gasteiger partial charge in [0.05, 0.1) is 6.26 Å². The summed E-state index contributed by atoms with van der Waals surface area (Å²) in [6.45, 7) is 0. The number of nitrogens with one attached hydrogen (secondary N) is 1. The van der Waals surface area contributed by atoms with E-state index in [1.807, 2.05) is 19.2 Å². The Labute approximate surface area is 117 Å². The van der Waals surface area contributed by atoms with Crippen LogP contribution < -0.4 is 5.32 Å². The second-order valence-corrected chi connectivity index (χ2v) is 4.98. The Morgan fingerprint density at radius 2 is 2.21 bits per heavy atom. The lowest BCUT2D eigenvalue weighted by Crippen LogP contribution is -2.28. The van der Waals surface area contributed by atoms with Gasteiger partial charge in [0, 0.05) is 17.5 Å². The summed E-state index contributed by atoms with van der Waals surface area (Å²) in [6.07, 6.45) is 4.04. The molecular formula is C15H17ClFNO. The number of furan rings is 1. The lowest BCUT2D eigenvalue weighted by Gasteiger charge is -2.16. The van der Waals surface area contributed by atoms with Crippen molar-refractivity contribution in [1.82, 2.24) is 5.32 Å². The first-order chi connectivity index (χ1) is 9.19. The predicted octanol–water partition coefficient (Wildman–Crippen LogP) is 3.84. The highest BCUT2D eigenvalue weighted by molar-refractivity contribution is 6.30. The van der Waals surface area contributed by atoms with E-state index in [1.54, 1.807) is 18.4 Å². The monoisotopic (exact) mass is 281 g/mol. The van der Waals surface area contributed by atoms with Gasteiger partial charge >= 0.3 is 0 Å². The van der Waals surface area contributed by atoms with Crippen molar-refractivity contribution < 1.29 is 8.81 Å². The second kappa shape index (κ2) is 6.73. The fourth-order valence-electron chi connectivity index (χ4n) is 2.07. The number of rotatable bonds is 6. The number of benzene rings is 1. The summed E-state index contributed by atoms with van der Waals surface area (Å²) in [7, 11) is 1.89. The van der Waals surface area contributed by atoms with Gasteiger partial charge in [-0.1, -0.05) is 17.7 Å². The van der Waals surface area contributed by atoms with Crippen molar-refractivity contribution in [2.75, 3.05) is 7.05 Å². The van der Waals surface area contributed by atoms with Gasteiger partial charge in [0.25, 0.3) is 0 Å². The molecule has 19 heavy (non-hydrogen) atoms. The summed E-state index contributed by atoms with van der Waals surface area (Å²) in [5, 5.41) is 3.64. The van der Waals surface area contributed by atoms with Gasteiger partial charge in [0.1, 0.15) is 11.6 Å². The van der Waals surface area contributed by atoms with Crippen LogP contribution in [0.4, 0.5) is 4.39 Å². The minimum absolute atomic E-state index is 0.209. The molecule has 0 bridgehead atoms. The molecule has 1 unspecified atom stereocenters. The minimum atomic E-state index is -0.245. The van der Waals surface area contributed by atoms with Gasteiger partial charge in [-0.3, -0.25) is 0 Å². The highest BCUT2D eigenvalue weighted by Crippen LogP contribution is 2.17. The maximum atomic E-state index is 13.7. The Morgan fingerprint density at radius 1 is 1.37 bits per heavy atom. The van der Waals surface area contributed by atoms with Gasteiger partial charge < -0.3 is 9.73 Å². The maximum absolute atomic E-state index is 13.7. The fraction of sp³-hybridized carbons (Fsp3) is 0.333. The van der Waals surface area contributed by atoms with Crippen molar-refractivity contribution in [3.8, 4) is 0 Å². The molecule has 0 fully saturated rings. The molecular weight excluding hydrogens is 265 g/mol. The first-order valence-electron chi connectivity index (χ1n) is 6.32. The van der Waals surface area contributed by atoms with Crippen molar-refractivity contribution in [2.24, 2.45) is 0 Å². The number of likely N-dealkylation sites (N-methyl/N-ethyl adjacent to an activating group) is 1. The molecule has 0 saturated carbocycles. The standard InChI is InChI=1S/C15H17ClFNO/c1-18-13(6-7-14-3-2-8-19-14)9-11-4-5-12(16)10-15(11)17/h2-5,8,10,13,18H,6-7,9H2,1H3. The van der Waals surface area contributed by atoms with E-state index in [-0.39, 0.29) is 11.9 Å². The van der Waals surface area contributed by atoms with E-state index in [0.29, 0.717) is 17.0 Å². The Balaban J connectivity index is 1.94. The average molecular weight is 282 g/mol. The molecule has 0 amide bonds. The number of halogens is 2. The van der Waals surface area contributed by atoms with Crippen molar-refractivity contribution in [1.29, 1.82) is 0 Å². The molecule has 0 spiro atoms. The van der Waals surface area contributed by atoms with Crippen LogP contribution >= 0.6 is 11.6 Å². The van der Waals surface area contributed by atoms with E-state index < -0.39 is 0 Å². The molecule has 0 aliphatic rings. The SMILES string of the molecule is CNC(CCc1ccco1)Cc1ccc(Cl)cc1F. The summed E-state index contributed by atoms with van der Waals surface area (Å²) >= 11 is 5.75. The number of hydrogen-bond acceptors (Lipinski definition) is 2. The minimum Gasteiger partial charge on any atom is -0.469 e. The van der Waals surface area contributed by atoms with Crippen molar-refractivity contribution in [3.05, 3.63) is 58.8 Å². The highest BCUT2D eigenvalue weighted by atomic mass is 35.5. The lowest BCUT2D eigenvalue weighted by atomic mass is 10.0. The zero-order chi connectivity index (χ0) is 13.7. The van der Waals surface area contributed by atoms with Crippen molar-refractivity contribution >= 4 is 11.6 Å². The van der Waals surface area contributed by atoms with Gasteiger partial charge in [0.2, 0.25) is 0 Å². The Morgan fingerprint density at radius 3 is 2.84 bits per heavy atom. The van der Waals surface area contributed by atoms with E-state index in [1.165, 1.54) is 6.07 Å². The van der Waals surface area contributed by atoms with Crippen molar-refractivity contribution in [3.63, 3.8) is 0 Å². The van der Waals surface area contributed by atoms with E-state index in [9.17, 15) is 4.39 Å². The van der Waals surface area contributed by atoms with Crippen LogP contribution in [0.1, 0.15) is 17.7 Å². The number of hydrogen-bond donors (Lipinski definition) is 1. The van der Waals surface area contributed by atoms with E-state index in [0.717, 1.165) is 18.6 Å². The quantitative estimate of drug-likeness (QED) is 0.870. The van der Waals surface area contributed by atoms with E-state index in [2.05, 4.69) is 5.32 Å². The Hall–Kier alpha value is -1.32. The first-order valence-corrected chi connectivity index (χ1v) is 6.70. The van der Waals surface area contributed by atoms with Crippen LogP contribution in [0.25, 0.3) is 0 Å². The maximum Gasteiger partial charge on any atom is 0.127 e. The molecule has 102 valence electrons. The van der Waals surface area contributed by atoms with Crippen LogP contribution in [0.15, 0.2) is 41.0 Å². The largest absolute Gasteiger partial charge is 0.469 e. The first kappa shape index (κ1) is 14.1. The molecule has 0 saturated heterocycles. The van der Waals surface area contributed by atoms with Crippen LogP contribution in [-0.2, 0) is 12.8 Å². The zero-order valence-electron chi connectivity index (χ0n) is 10.8. The lowest BCUT2D eigenvalue weighted by molar-refractivity contribution is 0.456. The summed E-state index contributed by atoms with van der Waals surface area (Å²) in [5.74, 6) is 0.711. The molecule has 2 aromatic rings. The van der Waals surface area contributed by atoms with Gasteiger partial charge in [0.15, 0.2) is 0 Å². The summed E-state index contributed by atoms with van der Waals surface area (Å²) in [4.78, 5) is 0. The van der Waals surface area contributed by atoms with Gasteiger partial charge in [-0.2, -0.15) is 0 Å². The van der Waals surface area contributed by atoms with Crippen LogP contribution in [0.3, 0.4) is 0 Å². The Kier molecular flexibility index (Phi) is 5.00. The average Bonchev–Trinajstić information content (AvgIpc) is 2.90. The normalized spacial score (nSPS) is 12.6. The van der Waals surface area contributed by atoms with Gasteiger partial charge in [-0.15, -0.1) is 0 Å². The van der Waals surface area contributed by atoms with Gasteiger partial charge in [-0.05, 0) is 49.7 Å². The molecule has 0 aliphatic heterocycles. The van der Waals surface area contributed by atoms with Crippen LogP contribution in [-0.4, -0.2) is 13.1 Å². The molecule has 0 radical (unpaired) electrons. The summed E-state index contributed by atoms with van der Waals surface area (Å²) < 4.78 is 19.0. The molecule has 0 aliphatic carbocycles. The third kappa shape index (κ3) is 4.08. The third-order valence-electron chi connectivity index (χ3n) is 3.21. The molecule has 1 aromatic heterocycles. The van der Waals surface area contributed by atoms with Crippen LogP contribution in [0, 0.1) is 5.82 Å². The summed E-state index contributed by atoms with van der Waals surface area (Å²) in [6, 6.07) is 8.86. The molecule has 2 nitrogen and oxygen atoms in total. The predicted molar refractivity (Wildman–Crippen MR) is 75.0 cm³/mol.